The molecule has 0 nitrogen and oxygen atoms in total. The fourth-order valence-electron chi connectivity index (χ4n) is 5.28. The van der Waals surface area contributed by atoms with Crippen LogP contribution in [0.2, 0.25) is 11.3 Å². The predicted octanol–water partition coefficient (Wildman–Crippen LogP) is 4.69. The molecule has 3 aromatic carbocycles. The molecule has 7 rings (SSSR count). The van der Waals surface area contributed by atoms with E-state index in [1.165, 1.54) is 0 Å². The summed E-state index contributed by atoms with van der Waals surface area (Å²) in [6.07, 6.45) is 5.42. The second kappa shape index (κ2) is 7.61. The maximum atomic E-state index is 2.72. The van der Waals surface area contributed by atoms with Crippen molar-refractivity contribution in [3.05, 3.63) is 91.0 Å². The van der Waals surface area contributed by atoms with Crippen LogP contribution in [0.5, 0.6) is 0 Å². The summed E-state index contributed by atoms with van der Waals surface area (Å²) in [4.78, 5) is 0. The molecule has 4 aliphatic rings. The Morgan fingerprint density at radius 2 is 1.11 bits per heavy atom. The first-order valence-electron chi connectivity index (χ1n) is 9.97. The maximum absolute atomic E-state index is 2.72. The molecule has 3 aromatic rings. The molecular weight excluding hydrogens is 717 g/mol. The first-order valence-corrected chi connectivity index (χ1v) is 42.3. The monoisotopic (exact) mass is 742 g/mol. The molecule has 140 valence electrons. The SMILES string of the molecule is c1cc[c]([Sn]23[CH2]C4[CH2][Sn]([c]5ccccc5)([S]2)[S][Sn]([c]2ccccc2)([CH2]3)[S]4)cc1. The van der Waals surface area contributed by atoms with Crippen molar-refractivity contribution >= 4 is 80.2 Å². The Bertz CT molecular complexity index is 859. The summed E-state index contributed by atoms with van der Waals surface area (Å²) in [6.45, 7) is 0. The van der Waals surface area contributed by atoms with Crippen LogP contribution in [0, 0.1) is 0 Å². The van der Waals surface area contributed by atoms with Gasteiger partial charge in [-0.2, -0.15) is 0 Å². The topological polar surface area (TPSA) is 0 Å². The van der Waals surface area contributed by atoms with Crippen LogP contribution in [-0.4, -0.2) is 53.5 Å². The quantitative estimate of drug-likeness (QED) is 0.359. The van der Waals surface area contributed by atoms with E-state index in [9.17, 15) is 0 Å². The van der Waals surface area contributed by atoms with Gasteiger partial charge in [0, 0.05) is 0 Å². The normalized spacial score (nSPS) is 35.8. The average Bonchev–Trinajstić information content (AvgIpc) is 2.75. The molecule has 6 heteroatoms. The predicted molar refractivity (Wildman–Crippen MR) is 136 cm³/mol. The summed E-state index contributed by atoms with van der Waals surface area (Å²) >= 11 is -7.39. The molecule has 0 aromatic heterocycles. The first-order chi connectivity index (χ1) is 13.7. The van der Waals surface area contributed by atoms with Crippen molar-refractivity contribution in [2.75, 3.05) is 0 Å². The molecule has 4 bridgehead atoms. The van der Waals surface area contributed by atoms with E-state index in [1.54, 1.807) is 11.3 Å². The molecule has 4 saturated heterocycles. The van der Waals surface area contributed by atoms with Crippen molar-refractivity contribution < 1.29 is 0 Å². The van der Waals surface area contributed by atoms with Crippen LogP contribution in [0.25, 0.3) is 0 Å². The van der Waals surface area contributed by atoms with Crippen molar-refractivity contribution in [2.45, 2.75) is 16.6 Å². The van der Waals surface area contributed by atoms with Crippen molar-refractivity contribution in [3.63, 3.8) is 0 Å². The zero-order valence-corrected chi connectivity index (χ0v) is 26.6. The van der Waals surface area contributed by atoms with Crippen LogP contribution in [0.15, 0.2) is 91.0 Å². The van der Waals surface area contributed by atoms with Crippen molar-refractivity contribution in [2.24, 2.45) is 0 Å². The van der Waals surface area contributed by atoms with E-state index in [2.05, 4.69) is 112 Å². The number of hydrogen-bond donors (Lipinski definition) is 0. The minimum atomic E-state index is -2.48. The Kier molecular flexibility index (Phi) is 5.37. The summed E-state index contributed by atoms with van der Waals surface area (Å²) in [5.74, 6) is 0. The van der Waals surface area contributed by atoms with Gasteiger partial charge in [0.2, 0.25) is 0 Å². The Labute approximate surface area is 184 Å². The van der Waals surface area contributed by atoms with E-state index >= 15 is 0 Å². The zero-order chi connectivity index (χ0) is 18.7. The van der Waals surface area contributed by atoms with Gasteiger partial charge >= 0.3 is 188 Å². The first kappa shape index (κ1) is 19.8. The van der Waals surface area contributed by atoms with E-state index in [1.807, 2.05) is 10.7 Å². The van der Waals surface area contributed by atoms with Gasteiger partial charge in [-0.25, -0.2) is 0 Å². The second-order valence-corrected chi connectivity index (χ2v) is 95.1. The van der Waals surface area contributed by atoms with Gasteiger partial charge in [-0.1, -0.05) is 0 Å². The molecule has 4 unspecified atom stereocenters. The van der Waals surface area contributed by atoms with Crippen LogP contribution < -0.4 is 10.7 Å². The van der Waals surface area contributed by atoms with Gasteiger partial charge in [0.25, 0.3) is 0 Å². The summed E-state index contributed by atoms with van der Waals surface area (Å²) < 4.78 is 10.3. The summed E-state index contributed by atoms with van der Waals surface area (Å²) in [5.41, 5.74) is 0. The molecule has 28 heavy (non-hydrogen) atoms. The molecule has 4 aliphatic heterocycles. The summed E-state index contributed by atoms with van der Waals surface area (Å²) in [5, 5.41) is 0.985. The molecule has 4 heterocycles. The van der Waals surface area contributed by atoms with Gasteiger partial charge < -0.3 is 0 Å². The van der Waals surface area contributed by atoms with E-state index in [0.717, 1.165) is 5.25 Å². The van der Waals surface area contributed by atoms with Crippen LogP contribution in [0.3, 0.4) is 0 Å². The van der Waals surface area contributed by atoms with E-state index < -0.39 is 48.2 Å². The zero-order valence-electron chi connectivity index (χ0n) is 15.6. The molecular formula is C22H22S3Sn3. The van der Waals surface area contributed by atoms with Crippen molar-refractivity contribution in [3.8, 4) is 0 Å². The average molecular weight is 739 g/mol. The molecule has 0 N–H and O–H groups in total. The van der Waals surface area contributed by atoms with Crippen LogP contribution in [0.4, 0.5) is 0 Å². The van der Waals surface area contributed by atoms with E-state index in [0.29, 0.717) is 0 Å². The van der Waals surface area contributed by atoms with E-state index in [-0.39, 0.29) is 0 Å². The summed E-state index contributed by atoms with van der Waals surface area (Å²) in [7, 11) is 2.56. The Hall–Kier alpha value is 1.11. The fraction of sp³-hybridized carbons (Fsp3) is 0.182. The third-order valence-electron chi connectivity index (χ3n) is 6.35. The number of rotatable bonds is 3. The van der Waals surface area contributed by atoms with Gasteiger partial charge in [-0.3, -0.25) is 0 Å². The van der Waals surface area contributed by atoms with Crippen LogP contribution >= 0.6 is 21.2 Å². The molecule has 0 radical (unpaired) electrons. The number of benzene rings is 3. The Morgan fingerprint density at radius 1 is 0.571 bits per heavy atom. The van der Waals surface area contributed by atoms with Crippen LogP contribution in [-0.2, 0) is 0 Å². The van der Waals surface area contributed by atoms with E-state index in [4.69, 9.17) is 0 Å². The summed E-state index contributed by atoms with van der Waals surface area (Å²) in [6, 6.07) is 35.7. The minimum absolute atomic E-state index is 0.985. The molecule has 0 spiro atoms. The Balaban J connectivity index is 1.56. The number of hydrogen-bond acceptors (Lipinski definition) is 3. The van der Waals surface area contributed by atoms with Crippen molar-refractivity contribution in [1.82, 2.24) is 0 Å². The van der Waals surface area contributed by atoms with Crippen molar-refractivity contribution in [1.29, 1.82) is 0 Å². The third-order valence-corrected chi connectivity index (χ3v) is 214. The molecule has 0 saturated carbocycles. The fourth-order valence-corrected chi connectivity index (χ4v) is 454. The molecule has 4 fully saturated rings. The van der Waals surface area contributed by atoms with Crippen LogP contribution in [0.1, 0.15) is 0 Å². The molecule has 0 amide bonds. The molecule has 4 atom stereocenters. The van der Waals surface area contributed by atoms with Gasteiger partial charge in [-0.05, 0) is 0 Å². The van der Waals surface area contributed by atoms with Gasteiger partial charge in [0.1, 0.15) is 0 Å². The molecule has 0 aliphatic carbocycles. The van der Waals surface area contributed by atoms with Gasteiger partial charge in [0.15, 0.2) is 0 Å². The Morgan fingerprint density at radius 3 is 1.71 bits per heavy atom. The van der Waals surface area contributed by atoms with Gasteiger partial charge in [-0.15, -0.1) is 0 Å². The standard InChI is InChI=1S/3C6H5.C3H6S.CH2.2S.3Sn/c3*1-2-4-6-5-3-1;1-3(2)4;;;;;;/h3*1-5H;3-4H,1-2H2;1H2;;;;;/q;;;;;;;;;+1/p-1. The second-order valence-electron chi connectivity index (χ2n) is 8.13. The third kappa shape index (κ3) is 3.19. The van der Waals surface area contributed by atoms with Gasteiger partial charge in [0.05, 0.1) is 0 Å².